The highest BCUT2D eigenvalue weighted by Crippen LogP contribution is 2.25. The molecule has 0 unspecified atom stereocenters. The van der Waals surface area contributed by atoms with Crippen LogP contribution >= 0.6 is 11.6 Å². The number of aromatic nitrogens is 6. The summed E-state index contributed by atoms with van der Waals surface area (Å²) in [6, 6.07) is 11.2. The minimum atomic E-state index is -0.403. The Balaban J connectivity index is 1.78. The van der Waals surface area contributed by atoms with Gasteiger partial charge in [0.25, 0.3) is 11.7 Å². The van der Waals surface area contributed by atoms with E-state index in [1.54, 1.807) is 17.8 Å². The number of nitrogens with one attached hydrogen (secondary N) is 1. The molecule has 0 saturated carbocycles. The van der Waals surface area contributed by atoms with Crippen molar-refractivity contribution in [2.24, 2.45) is 7.05 Å². The Morgan fingerprint density at radius 1 is 1.23 bits per heavy atom. The smallest absolute Gasteiger partial charge is 0.275 e. The second-order valence-corrected chi connectivity index (χ2v) is 6.07. The first-order chi connectivity index (χ1) is 12.5. The number of rotatable bonds is 3. The first-order valence-corrected chi connectivity index (χ1v) is 8.19. The Kier molecular flexibility index (Phi) is 3.89. The molecule has 26 heavy (non-hydrogen) atoms. The second kappa shape index (κ2) is 6.23. The van der Waals surface area contributed by atoms with Crippen molar-refractivity contribution in [1.29, 1.82) is 0 Å². The lowest BCUT2D eigenvalue weighted by atomic mass is 10.1. The molecule has 0 aliphatic rings. The molecule has 9 heteroatoms. The van der Waals surface area contributed by atoms with Gasteiger partial charge in [-0.25, -0.2) is 4.98 Å². The predicted octanol–water partition coefficient (Wildman–Crippen LogP) is 2.74. The number of carbonyl (C=O) groups excluding carboxylic acids is 1. The fraction of sp³-hybridized carbons (Fsp3) is 0.118. The van der Waals surface area contributed by atoms with Crippen LogP contribution in [0.4, 0.5) is 5.82 Å². The van der Waals surface area contributed by atoms with Gasteiger partial charge in [-0.05, 0) is 13.0 Å². The summed E-state index contributed by atoms with van der Waals surface area (Å²) in [5.74, 6) is 0.225. The highest BCUT2D eigenvalue weighted by Gasteiger charge is 2.19. The lowest BCUT2D eigenvalue weighted by Gasteiger charge is -2.07. The minimum Gasteiger partial charge on any atom is -0.302 e. The van der Waals surface area contributed by atoms with Crippen LogP contribution in [-0.4, -0.2) is 35.3 Å². The van der Waals surface area contributed by atoms with E-state index in [0.717, 1.165) is 11.3 Å². The highest BCUT2D eigenvalue weighted by molar-refractivity contribution is 6.34. The first-order valence-electron chi connectivity index (χ1n) is 7.81. The molecule has 0 aliphatic heterocycles. The number of hydrogen-bond acceptors (Lipinski definition) is 5. The summed E-state index contributed by atoms with van der Waals surface area (Å²) in [7, 11) is 1.76. The normalized spacial score (nSPS) is 11.0. The van der Waals surface area contributed by atoms with Crippen molar-refractivity contribution in [3.8, 4) is 11.3 Å². The van der Waals surface area contributed by atoms with E-state index < -0.39 is 5.91 Å². The van der Waals surface area contributed by atoms with Gasteiger partial charge in [0, 0.05) is 12.6 Å². The molecule has 0 bridgehead atoms. The van der Waals surface area contributed by atoms with Gasteiger partial charge in [-0.15, -0.1) is 0 Å². The Hall–Kier alpha value is -3.26. The van der Waals surface area contributed by atoms with Gasteiger partial charge in [0.05, 0.1) is 11.4 Å². The molecule has 0 spiro atoms. The Morgan fingerprint density at radius 3 is 2.69 bits per heavy atom. The highest BCUT2D eigenvalue weighted by atomic mass is 35.5. The molecule has 3 heterocycles. The zero-order valence-corrected chi connectivity index (χ0v) is 14.8. The molecule has 0 aliphatic carbocycles. The van der Waals surface area contributed by atoms with Crippen LogP contribution in [0.25, 0.3) is 17.0 Å². The van der Waals surface area contributed by atoms with Crippen molar-refractivity contribution in [3.05, 3.63) is 59.1 Å². The van der Waals surface area contributed by atoms with Gasteiger partial charge in [-0.1, -0.05) is 41.9 Å². The molecule has 4 aromatic rings. The summed E-state index contributed by atoms with van der Waals surface area (Å²) >= 11 is 6.22. The predicted molar refractivity (Wildman–Crippen MR) is 97.1 cm³/mol. The maximum absolute atomic E-state index is 12.8. The number of halogens is 1. The first kappa shape index (κ1) is 16.2. The lowest BCUT2D eigenvalue weighted by molar-refractivity contribution is 0.101. The van der Waals surface area contributed by atoms with Crippen LogP contribution < -0.4 is 5.32 Å². The molecule has 1 amide bonds. The molecule has 4 rings (SSSR count). The number of aryl methyl sites for hydroxylation is 1. The molecule has 0 radical (unpaired) electrons. The van der Waals surface area contributed by atoms with E-state index in [0.29, 0.717) is 22.3 Å². The third-order valence-electron chi connectivity index (χ3n) is 4.05. The average molecular weight is 368 g/mol. The van der Waals surface area contributed by atoms with E-state index in [9.17, 15) is 4.79 Å². The number of fused-ring (bicyclic) bond motifs is 1. The summed E-state index contributed by atoms with van der Waals surface area (Å²) in [6.45, 7) is 1.82. The van der Waals surface area contributed by atoms with Gasteiger partial charge in [0.15, 0.2) is 5.82 Å². The van der Waals surface area contributed by atoms with Crippen LogP contribution in [-0.2, 0) is 7.05 Å². The van der Waals surface area contributed by atoms with Crippen molar-refractivity contribution >= 4 is 29.1 Å². The molecular formula is C17H14ClN7O. The molecule has 130 valence electrons. The van der Waals surface area contributed by atoms with Crippen LogP contribution in [0.2, 0.25) is 5.02 Å². The van der Waals surface area contributed by atoms with E-state index in [1.165, 1.54) is 10.8 Å². The molecule has 1 aromatic carbocycles. The van der Waals surface area contributed by atoms with E-state index in [-0.39, 0.29) is 5.69 Å². The van der Waals surface area contributed by atoms with Crippen molar-refractivity contribution < 1.29 is 4.79 Å². The second-order valence-electron chi connectivity index (χ2n) is 5.69. The average Bonchev–Trinajstić information content (AvgIpc) is 3.22. The number of carbonyl (C=O) groups is 1. The third-order valence-corrected chi connectivity index (χ3v) is 4.50. The van der Waals surface area contributed by atoms with E-state index >= 15 is 0 Å². The third kappa shape index (κ3) is 2.70. The number of anilines is 1. The van der Waals surface area contributed by atoms with Crippen molar-refractivity contribution in [2.75, 3.05) is 5.32 Å². The van der Waals surface area contributed by atoms with Gasteiger partial charge in [0.1, 0.15) is 17.0 Å². The summed E-state index contributed by atoms with van der Waals surface area (Å²) in [4.78, 5) is 21.4. The number of hydrogen-bond donors (Lipinski definition) is 1. The maximum atomic E-state index is 12.8. The maximum Gasteiger partial charge on any atom is 0.275 e. The van der Waals surface area contributed by atoms with Crippen LogP contribution in [0.5, 0.6) is 0 Å². The molecule has 0 fully saturated rings. The molecule has 3 aromatic heterocycles. The quantitative estimate of drug-likeness (QED) is 0.601. The molecule has 1 N–H and O–H groups in total. The Bertz CT molecular complexity index is 1120. The zero-order valence-electron chi connectivity index (χ0n) is 14.0. The minimum absolute atomic E-state index is 0.283. The number of amides is 1. The monoisotopic (exact) mass is 367 g/mol. The van der Waals surface area contributed by atoms with Crippen LogP contribution in [0.3, 0.4) is 0 Å². The molecular weight excluding hydrogens is 354 g/mol. The van der Waals surface area contributed by atoms with Crippen LogP contribution in [0, 0.1) is 6.92 Å². The van der Waals surface area contributed by atoms with Gasteiger partial charge < -0.3 is 5.32 Å². The fourth-order valence-corrected chi connectivity index (χ4v) is 2.77. The van der Waals surface area contributed by atoms with E-state index in [4.69, 9.17) is 11.6 Å². The van der Waals surface area contributed by atoms with Gasteiger partial charge in [-0.3, -0.25) is 9.48 Å². The lowest BCUT2D eigenvalue weighted by Crippen LogP contribution is -2.18. The fourth-order valence-electron chi connectivity index (χ4n) is 2.56. The number of benzene rings is 1. The van der Waals surface area contributed by atoms with E-state index in [1.807, 2.05) is 37.3 Å². The van der Waals surface area contributed by atoms with Crippen LogP contribution in [0.1, 0.15) is 16.2 Å². The SMILES string of the molecule is Cc1c(Cl)c(NC(=O)c2cc(-c3ccccc3)nc3ncnn23)nn1C. The van der Waals surface area contributed by atoms with Crippen molar-refractivity contribution in [3.63, 3.8) is 0 Å². The van der Waals surface area contributed by atoms with Crippen molar-refractivity contribution in [2.45, 2.75) is 6.92 Å². The summed E-state index contributed by atoms with van der Waals surface area (Å²) < 4.78 is 2.98. The Labute approximate surface area is 153 Å². The van der Waals surface area contributed by atoms with Gasteiger partial charge >= 0.3 is 0 Å². The number of nitrogens with zero attached hydrogens (tertiary/aromatic N) is 6. The largest absolute Gasteiger partial charge is 0.302 e. The zero-order chi connectivity index (χ0) is 18.3. The summed E-state index contributed by atoms with van der Waals surface area (Å²) in [6.07, 6.45) is 1.35. The Morgan fingerprint density at radius 2 is 2.00 bits per heavy atom. The standard InChI is InChI=1S/C17H14ClN7O/c1-10-14(18)15(23-24(10)2)22-16(26)13-8-12(11-6-4-3-5-7-11)21-17-19-9-20-25(13)17/h3-9H,1-2H3,(H,22,23,26). The molecule has 8 nitrogen and oxygen atoms in total. The molecule has 0 atom stereocenters. The van der Waals surface area contributed by atoms with Gasteiger partial charge in [-0.2, -0.15) is 19.7 Å². The molecule has 0 saturated heterocycles. The van der Waals surface area contributed by atoms with Crippen molar-refractivity contribution in [1.82, 2.24) is 29.4 Å². The summed E-state index contributed by atoms with van der Waals surface area (Å²) in [5.41, 5.74) is 2.54. The van der Waals surface area contributed by atoms with E-state index in [2.05, 4.69) is 25.5 Å². The topological polar surface area (TPSA) is 90.0 Å². The summed E-state index contributed by atoms with van der Waals surface area (Å²) in [5, 5.41) is 11.4. The van der Waals surface area contributed by atoms with Gasteiger partial charge in [0.2, 0.25) is 0 Å². The van der Waals surface area contributed by atoms with Crippen LogP contribution in [0.15, 0.2) is 42.7 Å².